The fourth-order valence-electron chi connectivity index (χ4n) is 3.28. The summed E-state index contributed by atoms with van der Waals surface area (Å²) in [5.41, 5.74) is 0.898. The highest BCUT2D eigenvalue weighted by Gasteiger charge is 2.22. The molecule has 170 valence electrons. The van der Waals surface area contributed by atoms with Crippen molar-refractivity contribution in [2.75, 3.05) is 52.9 Å². The van der Waals surface area contributed by atoms with E-state index in [1.165, 1.54) is 12.1 Å². The Kier molecular flexibility index (Phi) is 12.2. The van der Waals surface area contributed by atoms with Crippen LogP contribution in [-0.2, 0) is 9.53 Å². The van der Waals surface area contributed by atoms with Crippen LogP contribution in [0.4, 0.5) is 4.39 Å². The molecule has 0 spiro atoms. The van der Waals surface area contributed by atoms with E-state index in [2.05, 4.69) is 20.4 Å². The first kappa shape index (κ1) is 26.6. The van der Waals surface area contributed by atoms with Gasteiger partial charge in [0.1, 0.15) is 11.9 Å². The minimum absolute atomic E-state index is 0. The lowest BCUT2D eigenvalue weighted by Gasteiger charge is -2.36. The topological polar surface area (TPSA) is 69.2 Å². The number of methoxy groups -OCH3 is 1. The highest BCUT2D eigenvalue weighted by molar-refractivity contribution is 14.0. The lowest BCUT2D eigenvalue weighted by molar-refractivity contribution is -0.123. The molecule has 1 aromatic carbocycles. The van der Waals surface area contributed by atoms with Crippen molar-refractivity contribution >= 4 is 35.8 Å². The summed E-state index contributed by atoms with van der Waals surface area (Å²) >= 11 is 0. The molecule has 1 saturated heterocycles. The van der Waals surface area contributed by atoms with Crippen molar-refractivity contribution in [2.24, 2.45) is 4.99 Å². The van der Waals surface area contributed by atoms with Crippen LogP contribution in [0.15, 0.2) is 29.3 Å². The number of halogens is 2. The number of amides is 1. The Hall–Kier alpha value is -1.46. The zero-order chi connectivity index (χ0) is 21.2. The first-order chi connectivity index (χ1) is 13.9. The van der Waals surface area contributed by atoms with Crippen LogP contribution in [0.5, 0.6) is 0 Å². The molecule has 1 unspecified atom stereocenters. The molecule has 9 heteroatoms. The fraction of sp³-hybridized carbons (Fsp3) is 0.619. The maximum atomic E-state index is 13.2. The highest BCUT2D eigenvalue weighted by Crippen LogP contribution is 2.17. The van der Waals surface area contributed by atoms with Gasteiger partial charge in [-0.25, -0.2) is 4.39 Å². The number of carbonyl (C=O) groups excluding carboxylic acids is 1. The zero-order valence-corrected chi connectivity index (χ0v) is 20.7. The summed E-state index contributed by atoms with van der Waals surface area (Å²) in [6, 6.07) is 6.49. The van der Waals surface area contributed by atoms with E-state index in [4.69, 9.17) is 9.73 Å². The van der Waals surface area contributed by atoms with Gasteiger partial charge in [-0.15, -0.1) is 24.0 Å². The van der Waals surface area contributed by atoms with Crippen molar-refractivity contribution in [1.82, 2.24) is 20.4 Å². The minimum Gasteiger partial charge on any atom is -0.375 e. The second-order valence-corrected chi connectivity index (χ2v) is 7.46. The molecule has 7 nitrogen and oxygen atoms in total. The van der Waals surface area contributed by atoms with E-state index >= 15 is 0 Å². The normalized spacial score (nSPS) is 16.2. The van der Waals surface area contributed by atoms with Crippen LogP contribution in [0.25, 0.3) is 0 Å². The summed E-state index contributed by atoms with van der Waals surface area (Å²) in [7, 11) is 1.64. The van der Waals surface area contributed by atoms with Crippen molar-refractivity contribution in [2.45, 2.75) is 32.9 Å². The maximum Gasteiger partial charge on any atom is 0.234 e. The summed E-state index contributed by atoms with van der Waals surface area (Å²) in [5.74, 6) is 0.639. The molecule has 1 aliphatic heterocycles. The Bertz CT molecular complexity index is 664. The van der Waals surface area contributed by atoms with Gasteiger partial charge in [-0.3, -0.25) is 14.7 Å². The summed E-state index contributed by atoms with van der Waals surface area (Å²) in [6.45, 7) is 10.8. The molecule has 0 aliphatic carbocycles. The Morgan fingerprint density at radius 2 is 1.83 bits per heavy atom. The lowest BCUT2D eigenvalue weighted by atomic mass is 10.1. The van der Waals surface area contributed by atoms with Crippen LogP contribution in [0.1, 0.15) is 32.4 Å². The minimum atomic E-state index is -0.264. The maximum absolute atomic E-state index is 13.2. The number of nitrogens with one attached hydrogen (secondary N) is 2. The van der Waals surface area contributed by atoms with E-state index in [0.29, 0.717) is 13.1 Å². The molecule has 0 saturated carbocycles. The predicted octanol–water partition coefficient (Wildman–Crippen LogP) is 2.24. The van der Waals surface area contributed by atoms with Gasteiger partial charge in [0.15, 0.2) is 5.96 Å². The quantitative estimate of drug-likeness (QED) is 0.304. The number of hydrogen-bond acceptors (Lipinski definition) is 4. The smallest absolute Gasteiger partial charge is 0.234 e. The number of nitrogens with zero attached hydrogens (tertiary/aromatic N) is 3. The molecule has 1 atom stereocenters. The Morgan fingerprint density at radius 1 is 1.20 bits per heavy atom. The molecular formula is C21H35FIN5O2. The van der Waals surface area contributed by atoms with E-state index in [1.807, 2.05) is 20.8 Å². The third-order valence-corrected chi connectivity index (χ3v) is 4.76. The number of hydrogen-bond donors (Lipinski definition) is 2. The van der Waals surface area contributed by atoms with E-state index in [1.54, 1.807) is 19.2 Å². The molecule has 2 rings (SSSR count). The van der Waals surface area contributed by atoms with Gasteiger partial charge in [0.05, 0.1) is 13.1 Å². The monoisotopic (exact) mass is 535 g/mol. The number of aliphatic imine (C=N–C) groups is 1. The largest absolute Gasteiger partial charge is 0.375 e. The molecule has 0 bridgehead atoms. The number of rotatable bonds is 8. The Balaban J connectivity index is 0.00000450. The second-order valence-electron chi connectivity index (χ2n) is 7.46. The van der Waals surface area contributed by atoms with Crippen LogP contribution >= 0.6 is 24.0 Å². The molecule has 1 amide bonds. The molecule has 30 heavy (non-hydrogen) atoms. The number of guanidine groups is 1. The van der Waals surface area contributed by atoms with Gasteiger partial charge >= 0.3 is 0 Å². The SMILES string of the molecule is CCNC(=NCC(OC)c1ccc(F)cc1)N1CCN(CC(=O)NC(C)C)CC1.I. The van der Waals surface area contributed by atoms with Crippen molar-refractivity contribution < 1.29 is 13.9 Å². The zero-order valence-electron chi connectivity index (χ0n) is 18.4. The van der Waals surface area contributed by atoms with Crippen LogP contribution in [0, 0.1) is 5.82 Å². The van der Waals surface area contributed by atoms with Crippen LogP contribution in [-0.4, -0.2) is 80.6 Å². The van der Waals surface area contributed by atoms with E-state index in [-0.39, 0.29) is 47.8 Å². The first-order valence-electron chi connectivity index (χ1n) is 10.3. The standard InChI is InChI=1S/C21H34FN5O2.HI/c1-5-23-21(24-14-19(29-4)17-6-8-18(22)9-7-17)27-12-10-26(11-13-27)15-20(28)25-16(2)3;/h6-9,16,19H,5,10-15H2,1-4H3,(H,23,24)(H,25,28);1H. The first-order valence-corrected chi connectivity index (χ1v) is 10.3. The lowest BCUT2D eigenvalue weighted by Crippen LogP contribution is -2.54. The van der Waals surface area contributed by atoms with Gasteiger partial charge in [0, 0.05) is 45.9 Å². The van der Waals surface area contributed by atoms with Gasteiger partial charge in [0.2, 0.25) is 5.91 Å². The summed E-state index contributed by atoms with van der Waals surface area (Å²) in [5, 5.41) is 6.27. The van der Waals surface area contributed by atoms with Crippen LogP contribution in [0.2, 0.25) is 0 Å². The van der Waals surface area contributed by atoms with E-state index in [9.17, 15) is 9.18 Å². The molecule has 0 aromatic heterocycles. The molecule has 1 aliphatic rings. The third-order valence-electron chi connectivity index (χ3n) is 4.76. The second kappa shape index (κ2) is 13.8. The van der Waals surface area contributed by atoms with Crippen molar-refractivity contribution in [1.29, 1.82) is 0 Å². The van der Waals surface area contributed by atoms with Gasteiger partial charge in [-0.05, 0) is 38.5 Å². The molecule has 0 radical (unpaired) electrons. The van der Waals surface area contributed by atoms with Gasteiger partial charge < -0.3 is 20.3 Å². The number of ether oxygens (including phenoxy) is 1. The molecule has 2 N–H and O–H groups in total. The van der Waals surface area contributed by atoms with Crippen molar-refractivity contribution in [3.05, 3.63) is 35.6 Å². The predicted molar refractivity (Wildman–Crippen MR) is 129 cm³/mol. The summed E-state index contributed by atoms with van der Waals surface area (Å²) < 4.78 is 18.7. The van der Waals surface area contributed by atoms with Gasteiger partial charge in [-0.2, -0.15) is 0 Å². The van der Waals surface area contributed by atoms with Crippen LogP contribution in [0.3, 0.4) is 0 Å². The van der Waals surface area contributed by atoms with E-state index < -0.39 is 0 Å². The molecular weight excluding hydrogens is 500 g/mol. The van der Waals surface area contributed by atoms with Crippen molar-refractivity contribution in [3.8, 4) is 0 Å². The highest BCUT2D eigenvalue weighted by atomic mass is 127. The van der Waals surface area contributed by atoms with Gasteiger partial charge in [-0.1, -0.05) is 12.1 Å². The summed E-state index contributed by atoms with van der Waals surface area (Å²) in [4.78, 5) is 21.1. The Labute approximate surface area is 196 Å². The average Bonchev–Trinajstić information content (AvgIpc) is 2.69. The molecule has 1 aromatic rings. The third kappa shape index (κ3) is 8.73. The Morgan fingerprint density at radius 3 is 2.37 bits per heavy atom. The van der Waals surface area contributed by atoms with E-state index in [0.717, 1.165) is 44.2 Å². The summed E-state index contributed by atoms with van der Waals surface area (Å²) in [6.07, 6.45) is -0.231. The average molecular weight is 535 g/mol. The van der Waals surface area contributed by atoms with Gasteiger partial charge in [0.25, 0.3) is 0 Å². The van der Waals surface area contributed by atoms with Crippen molar-refractivity contribution in [3.63, 3.8) is 0 Å². The number of carbonyl (C=O) groups is 1. The fourth-order valence-corrected chi connectivity index (χ4v) is 3.28. The molecule has 1 heterocycles. The number of benzene rings is 1. The molecule has 1 fully saturated rings. The van der Waals surface area contributed by atoms with Crippen LogP contribution < -0.4 is 10.6 Å². The number of piperazine rings is 1.